The van der Waals surface area contributed by atoms with Crippen molar-refractivity contribution in [2.24, 2.45) is 11.3 Å². The van der Waals surface area contributed by atoms with Crippen molar-refractivity contribution in [3.05, 3.63) is 34.6 Å². The van der Waals surface area contributed by atoms with Crippen LogP contribution in [0.1, 0.15) is 38.2 Å². The Labute approximate surface area is 183 Å². The van der Waals surface area contributed by atoms with Crippen LogP contribution in [0.15, 0.2) is 18.2 Å². The maximum absolute atomic E-state index is 14.3. The molecule has 1 amide bonds. The fourth-order valence-electron chi connectivity index (χ4n) is 5.67. The van der Waals surface area contributed by atoms with E-state index in [1.165, 1.54) is 6.07 Å². The largest absolute Gasteiger partial charge is 0.379 e. The molecule has 166 valence electrons. The SMILES string of the molecule is CCN1CC[C@@H]2C[C@@H](N3CCOCC3)CC[C@@]2(C(=O)NCc2cccc(Cl)c2F)C1. The van der Waals surface area contributed by atoms with Crippen LogP contribution in [0.3, 0.4) is 0 Å². The number of fused-ring (bicyclic) bond motifs is 1. The molecule has 0 radical (unpaired) electrons. The first-order chi connectivity index (χ1) is 14.5. The number of rotatable bonds is 5. The molecule has 0 bridgehead atoms. The number of likely N-dealkylation sites (tertiary alicyclic amines) is 1. The van der Waals surface area contributed by atoms with E-state index < -0.39 is 5.82 Å². The molecule has 0 unspecified atom stereocenters. The Hall–Kier alpha value is -1.21. The number of nitrogens with one attached hydrogen (secondary N) is 1. The lowest BCUT2D eigenvalue weighted by molar-refractivity contribution is -0.145. The average Bonchev–Trinajstić information content (AvgIpc) is 2.79. The molecule has 1 N–H and O–H groups in total. The summed E-state index contributed by atoms with van der Waals surface area (Å²) >= 11 is 5.91. The number of amides is 1. The zero-order valence-corrected chi connectivity index (χ0v) is 18.6. The lowest BCUT2D eigenvalue weighted by atomic mass is 9.61. The number of morpholine rings is 1. The van der Waals surface area contributed by atoms with Gasteiger partial charge in [-0.1, -0.05) is 30.7 Å². The maximum atomic E-state index is 14.3. The van der Waals surface area contributed by atoms with Crippen molar-refractivity contribution in [3.63, 3.8) is 0 Å². The van der Waals surface area contributed by atoms with Crippen molar-refractivity contribution >= 4 is 17.5 Å². The molecule has 0 aromatic heterocycles. The van der Waals surface area contributed by atoms with Gasteiger partial charge in [0.15, 0.2) is 0 Å². The van der Waals surface area contributed by atoms with Gasteiger partial charge in [-0.15, -0.1) is 0 Å². The normalized spacial score (nSPS) is 30.6. The van der Waals surface area contributed by atoms with Crippen molar-refractivity contribution < 1.29 is 13.9 Å². The zero-order chi connectivity index (χ0) is 21.1. The molecule has 0 spiro atoms. The second-order valence-electron chi connectivity index (χ2n) is 8.98. The fraction of sp³-hybridized carbons (Fsp3) is 0.696. The molecule has 5 nitrogen and oxygen atoms in total. The number of halogens is 2. The van der Waals surface area contributed by atoms with E-state index in [-0.39, 0.29) is 22.9 Å². The Kier molecular flexibility index (Phi) is 6.98. The van der Waals surface area contributed by atoms with Gasteiger partial charge in [0.25, 0.3) is 0 Å². The first kappa shape index (κ1) is 22.0. The minimum absolute atomic E-state index is 0.0745. The topological polar surface area (TPSA) is 44.8 Å². The average molecular weight is 438 g/mol. The third-order valence-corrected chi connectivity index (χ3v) is 7.79. The first-order valence-corrected chi connectivity index (χ1v) is 11.7. The summed E-state index contributed by atoms with van der Waals surface area (Å²) in [6.07, 6.45) is 4.04. The molecular formula is C23H33ClFN3O2. The van der Waals surface area contributed by atoms with Crippen LogP contribution in [0.5, 0.6) is 0 Å². The van der Waals surface area contributed by atoms with Gasteiger partial charge in [-0.05, 0) is 50.8 Å². The van der Waals surface area contributed by atoms with E-state index >= 15 is 0 Å². The van der Waals surface area contributed by atoms with E-state index in [2.05, 4.69) is 22.0 Å². The highest BCUT2D eigenvalue weighted by Gasteiger charge is 2.52. The summed E-state index contributed by atoms with van der Waals surface area (Å²) in [5.41, 5.74) is 0.0560. The smallest absolute Gasteiger partial charge is 0.228 e. The van der Waals surface area contributed by atoms with Gasteiger partial charge in [0, 0.05) is 37.8 Å². The van der Waals surface area contributed by atoms with Gasteiger partial charge < -0.3 is 15.0 Å². The van der Waals surface area contributed by atoms with Crippen LogP contribution >= 0.6 is 11.6 Å². The Balaban J connectivity index is 1.48. The van der Waals surface area contributed by atoms with Gasteiger partial charge in [0.1, 0.15) is 5.82 Å². The Morgan fingerprint density at radius 3 is 2.87 bits per heavy atom. The Bertz CT molecular complexity index is 758. The summed E-state index contributed by atoms with van der Waals surface area (Å²) in [6.45, 7) is 8.74. The van der Waals surface area contributed by atoms with E-state index in [0.29, 0.717) is 17.5 Å². The number of piperidine rings is 1. The van der Waals surface area contributed by atoms with Crippen LogP contribution in [0.25, 0.3) is 0 Å². The van der Waals surface area contributed by atoms with Gasteiger partial charge in [-0.2, -0.15) is 0 Å². The highest BCUT2D eigenvalue weighted by atomic mass is 35.5. The van der Waals surface area contributed by atoms with E-state index in [0.717, 1.165) is 71.6 Å². The number of hydrogen-bond donors (Lipinski definition) is 1. The van der Waals surface area contributed by atoms with Crippen molar-refractivity contribution in [1.82, 2.24) is 15.1 Å². The summed E-state index contributed by atoms with van der Waals surface area (Å²) in [5, 5.41) is 3.16. The lowest BCUT2D eigenvalue weighted by Gasteiger charge is -2.53. The first-order valence-electron chi connectivity index (χ1n) is 11.3. The van der Waals surface area contributed by atoms with Crippen LogP contribution in [0, 0.1) is 17.2 Å². The zero-order valence-electron chi connectivity index (χ0n) is 17.8. The van der Waals surface area contributed by atoms with E-state index in [4.69, 9.17) is 16.3 Å². The third kappa shape index (κ3) is 4.38. The molecule has 1 saturated carbocycles. The van der Waals surface area contributed by atoms with Gasteiger partial charge >= 0.3 is 0 Å². The van der Waals surface area contributed by atoms with Gasteiger partial charge in [0.05, 0.1) is 23.7 Å². The summed E-state index contributed by atoms with van der Waals surface area (Å²) in [7, 11) is 0. The molecule has 1 aromatic carbocycles. The summed E-state index contributed by atoms with van der Waals surface area (Å²) in [6, 6.07) is 5.48. The van der Waals surface area contributed by atoms with Gasteiger partial charge in [-0.25, -0.2) is 4.39 Å². The van der Waals surface area contributed by atoms with Gasteiger partial charge in [-0.3, -0.25) is 9.69 Å². The second kappa shape index (κ2) is 9.51. The molecule has 1 aromatic rings. The molecule has 2 heterocycles. The van der Waals surface area contributed by atoms with E-state index in [1.54, 1.807) is 12.1 Å². The van der Waals surface area contributed by atoms with Crippen LogP contribution in [0.4, 0.5) is 4.39 Å². The van der Waals surface area contributed by atoms with Crippen LogP contribution in [0.2, 0.25) is 5.02 Å². The minimum atomic E-state index is -0.441. The highest BCUT2D eigenvalue weighted by Crippen LogP contribution is 2.48. The van der Waals surface area contributed by atoms with Crippen LogP contribution in [-0.4, -0.2) is 67.7 Å². The molecule has 2 saturated heterocycles. The van der Waals surface area contributed by atoms with Crippen LogP contribution in [-0.2, 0) is 16.1 Å². The number of nitrogens with zero attached hydrogens (tertiary/aromatic N) is 2. The minimum Gasteiger partial charge on any atom is -0.379 e. The number of hydrogen-bond acceptors (Lipinski definition) is 4. The fourth-order valence-corrected chi connectivity index (χ4v) is 5.86. The predicted octanol–water partition coefficient (Wildman–Crippen LogP) is 3.31. The predicted molar refractivity (Wildman–Crippen MR) is 116 cm³/mol. The molecule has 3 aliphatic rings. The van der Waals surface area contributed by atoms with Crippen molar-refractivity contribution in [2.75, 3.05) is 45.9 Å². The monoisotopic (exact) mass is 437 g/mol. The second-order valence-corrected chi connectivity index (χ2v) is 9.39. The van der Waals surface area contributed by atoms with Crippen molar-refractivity contribution in [1.29, 1.82) is 0 Å². The Morgan fingerprint density at radius 2 is 2.10 bits per heavy atom. The third-order valence-electron chi connectivity index (χ3n) is 7.49. The molecule has 2 aliphatic heterocycles. The van der Waals surface area contributed by atoms with Crippen molar-refractivity contribution in [2.45, 2.75) is 45.2 Å². The molecular weight excluding hydrogens is 405 g/mol. The number of benzene rings is 1. The molecule has 3 fully saturated rings. The quantitative estimate of drug-likeness (QED) is 0.767. The van der Waals surface area contributed by atoms with E-state index in [9.17, 15) is 9.18 Å². The Morgan fingerprint density at radius 1 is 1.30 bits per heavy atom. The summed E-state index contributed by atoms with van der Waals surface area (Å²) < 4.78 is 19.8. The summed E-state index contributed by atoms with van der Waals surface area (Å²) in [5.74, 6) is -0.0000673. The van der Waals surface area contributed by atoms with Crippen molar-refractivity contribution in [3.8, 4) is 0 Å². The van der Waals surface area contributed by atoms with Gasteiger partial charge in [0.2, 0.25) is 5.91 Å². The van der Waals surface area contributed by atoms with E-state index in [1.807, 2.05) is 0 Å². The molecule has 30 heavy (non-hydrogen) atoms. The lowest BCUT2D eigenvalue weighted by Crippen LogP contribution is -2.60. The number of ether oxygens (including phenoxy) is 1. The standard InChI is InChI=1S/C23H33ClFN3O2/c1-2-27-9-7-18-14-19(28-10-12-30-13-11-28)6-8-23(18,16-27)22(29)26-15-17-4-3-5-20(24)21(17)25/h3-5,18-19H,2,6-16H2,1H3,(H,26,29)/t18-,19+,23-/m1/s1. The molecule has 4 rings (SSSR count). The number of carbonyl (C=O) groups is 1. The molecule has 3 atom stereocenters. The molecule has 7 heteroatoms. The molecule has 1 aliphatic carbocycles. The van der Waals surface area contributed by atoms with Crippen LogP contribution < -0.4 is 5.32 Å². The summed E-state index contributed by atoms with van der Waals surface area (Å²) in [4.78, 5) is 18.5. The number of carbonyl (C=O) groups excluding carboxylic acids is 1. The highest BCUT2D eigenvalue weighted by molar-refractivity contribution is 6.30. The maximum Gasteiger partial charge on any atom is 0.228 e.